The van der Waals surface area contributed by atoms with Gasteiger partial charge in [-0.1, -0.05) is 43.4 Å². The molecule has 0 aliphatic carbocycles. The molecule has 0 aliphatic heterocycles. The maximum absolute atomic E-state index is 8.33. The minimum atomic E-state index is 0.113. The zero-order valence-electron chi connectivity index (χ0n) is 6.33. The Hall–Kier alpha value is -0.820. The molecule has 0 saturated carbocycles. The van der Waals surface area contributed by atoms with Gasteiger partial charge in [0.2, 0.25) is 0 Å². The van der Waals surface area contributed by atoms with Crippen LogP contribution in [0, 0.1) is 0 Å². The van der Waals surface area contributed by atoms with E-state index in [0.29, 0.717) is 0 Å². The summed E-state index contributed by atoms with van der Waals surface area (Å²) in [6.45, 7) is 2.20. The average molecular weight is 138 g/mol. The van der Waals surface area contributed by atoms with Crippen molar-refractivity contribution in [3.63, 3.8) is 0 Å². The summed E-state index contributed by atoms with van der Waals surface area (Å²) < 4.78 is 0. The van der Waals surface area contributed by atoms with Gasteiger partial charge in [0.15, 0.2) is 0 Å². The van der Waals surface area contributed by atoms with E-state index in [-0.39, 0.29) is 6.61 Å². The highest BCUT2D eigenvalue weighted by molar-refractivity contribution is 5.10. The molecule has 1 heteroatoms. The molecule has 0 radical (unpaired) electrons. The van der Waals surface area contributed by atoms with E-state index in [0.717, 1.165) is 6.42 Å². The molecular formula is C9H14O. The second-order valence-electron chi connectivity index (χ2n) is 1.83. The number of hydrogen-bond donors (Lipinski definition) is 1. The fraction of sp³-hybridized carbons (Fsp3) is 0.333. The third-order valence-corrected chi connectivity index (χ3v) is 0.947. The summed E-state index contributed by atoms with van der Waals surface area (Å²) >= 11 is 0. The first-order valence-corrected chi connectivity index (χ1v) is 3.51. The van der Waals surface area contributed by atoms with Crippen LogP contribution in [-0.4, -0.2) is 11.7 Å². The minimum absolute atomic E-state index is 0.113. The van der Waals surface area contributed by atoms with Gasteiger partial charge in [-0.05, 0) is 6.42 Å². The number of rotatable bonds is 4. The Balaban J connectivity index is 3.37. The molecule has 0 atom stereocenters. The molecule has 0 bridgehead atoms. The fourth-order valence-corrected chi connectivity index (χ4v) is 0.482. The van der Waals surface area contributed by atoms with Gasteiger partial charge < -0.3 is 5.11 Å². The summed E-state index contributed by atoms with van der Waals surface area (Å²) in [4.78, 5) is 0. The van der Waals surface area contributed by atoms with Crippen molar-refractivity contribution in [3.05, 3.63) is 36.5 Å². The first-order valence-electron chi connectivity index (χ1n) is 3.51. The minimum Gasteiger partial charge on any atom is -0.392 e. The van der Waals surface area contributed by atoms with E-state index >= 15 is 0 Å². The van der Waals surface area contributed by atoms with Crippen LogP contribution in [0.4, 0.5) is 0 Å². The lowest BCUT2D eigenvalue weighted by molar-refractivity contribution is 0.343. The Kier molecular flexibility index (Phi) is 7.51. The smallest absolute Gasteiger partial charge is 0.0615 e. The summed E-state index contributed by atoms with van der Waals surface area (Å²) in [6, 6.07) is 0. The Morgan fingerprint density at radius 2 is 1.60 bits per heavy atom. The van der Waals surface area contributed by atoms with Crippen molar-refractivity contribution in [1.29, 1.82) is 0 Å². The van der Waals surface area contributed by atoms with Crippen LogP contribution in [0.3, 0.4) is 0 Å². The van der Waals surface area contributed by atoms with E-state index in [1.807, 2.05) is 24.3 Å². The third kappa shape index (κ3) is 7.18. The van der Waals surface area contributed by atoms with Gasteiger partial charge in [0.25, 0.3) is 0 Å². The third-order valence-electron chi connectivity index (χ3n) is 0.947. The van der Waals surface area contributed by atoms with Crippen LogP contribution in [0.25, 0.3) is 0 Å². The van der Waals surface area contributed by atoms with Gasteiger partial charge >= 0.3 is 0 Å². The normalized spacial score (nSPS) is 12.6. The summed E-state index contributed by atoms with van der Waals surface area (Å²) in [7, 11) is 0. The van der Waals surface area contributed by atoms with E-state index in [4.69, 9.17) is 5.11 Å². The Labute approximate surface area is 62.4 Å². The van der Waals surface area contributed by atoms with Crippen molar-refractivity contribution in [2.45, 2.75) is 13.3 Å². The molecule has 1 N–H and O–H groups in total. The lowest BCUT2D eigenvalue weighted by Gasteiger charge is -1.75. The van der Waals surface area contributed by atoms with Gasteiger partial charge in [-0.2, -0.15) is 0 Å². The molecule has 0 aromatic heterocycles. The Morgan fingerprint density at radius 3 is 2.10 bits per heavy atom. The van der Waals surface area contributed by atoms with E-state index in [2.05, 4.69) is 13.0 Å². The molecule has 0 saturated heterocycles. The van der Waals surface area contributed by atoms with E-state index in [9.17, 15) is 0 Å². The van der Waals surface area contributed by atoms with Crippen molar-refractivity contribution in [2.24, 2.45) is 0 Å². The average Bonchev–Trinajstić information content (AvgIpc) is 1.97. The first kappa shape index (κ1) is 9.18. The summed E-state index contributed by atoms with van der Waals surface area (Å²) in [6.07, 6.45) is 12.5. The van der Waals surface area contributed by atoms with Crippen molar-refractivity contribution in [1.82, 2.24) is 0 Å². The van der Waals surface area contributed by atoms with E-state index < -0.39 is 0 Å². The molecule has 0 unspecified atom stereocenters. The first-order chi connectivity index (χ1) is 4.91. The number of hydrogen-bond acceptors (Lipinski definition) is 1. The number of allylic oxidation sites excluding steroid dienone is 5. The summed E-state index contributed by atoms with van der Waals surface area (Å²) in [5.41, 5.74) is 0. The highest BCUT2D eigenvalue weighted by Crippen LogP contribution is 1.82. The molecule has 1 nitrogen and oxygen atoms in total. The zero-order valence-corrected chi connectivity index (χ0v) is 6.33. The second-order valence-corrected chi connectivity index (χ2v) is 1.83. The van der Waals surface area contributed by atoms with E-state index in [1.54, 1.807) is 6.08 Å². The van der Waals surface area contributed by atoms with Gasteiger partial charge in [0, 0.05) is 0 Å². The molecule has 56 valence electrons. The van der Waals surface area contributed by atoms with E-state index in [1.165, 1.54) is 0 Å². The standard InChI is InChI=1S/C9H14O/c1-2-3-4-5-6-7-8-9-10/h3-8,10H,2,9H2,1H3/b4-3?,6-5?,8-7+. The van der Waals surface area contributed by atoms with Crippen molar-refractivity contribution >= 4 is 0 Å². The summed E-state index contributed by atoms with van der Waals surface area (Å²) in [5, 5.41) is 8.33. The second kappa shape index (κ2) is 8.18. The Bertz CT molecular complexity index is 116. The Morgan fingerprint density at radius 1 is 1.00 bits per heavy atom. The van der Waals surface area contributed by atoms with Crippen LogP contribution in [0.1, 0.15) is 13.3 Å². The molecular weight excluding hydrogens is 124 g/mol. The predicted molar refractivity (Wildman–Crippen MR) is 44.8 cm³/mol. The summed E-state index contributed by atoms with van der Waals surface area (Å²) in [5.74, 6) is 0. The van der Waals surface area contributed by atoms with Crippen molar-refractivity contribution in [3.8, 4) is 0 Å². The van der Waals surface area contributed by atoms with Gasteiger partial charge in [0.1, 0.15) is 0 Å². The highest BCUT2D eigenvalue weighted by atomic mass is 16.2. The maximum atomic E-state index is 8.33. The van der Waals surface area contributed by atoms with Gasteiger partial charge in [-0.3, -0.25) is 0 Å². The van der Waals surface area contributed by atoms with Gasteiger partial charge in [-0.25, -0.2) is 0 Å². The molecule has 0 heterocycles. The van der Waals surface area contributed by atoms with Crippen molar-refractivity contribution in [2.75, 3.05) is 6.61 Å². The molecule has 0 amide bonds. The predicted octanol–water partition coefficient (Wildman–Crippen LogP) is 2.06. The van der Waals surface area contributed by atoms with Gasteiger partial charge in [-0.15, -0.1) is 0 Å². The molecule has 0 rings (SSSR count). The van der Waals surface area contributed by atoms with Crippen LogP contribution >= 0.6 is 0 Å². The molecule has 0 spiro atoms. The molecule has 0 aromatic carbocycles. The largest absolute Gasteiger partial charge is 0.392 e. The zero-order chi connectivity index (χ0) is 7.66. The van der Waals surface area contributed by atoms with Crippen LogP contribution in [0.15, 0.2) is 36.5 Å². The molecule has 0 fully saturated rings. The monoisotopic (exact) mass is 138 g/mol. The van der Waals surface area contributed by atoms with Gasteiger partial charge in [0.05, 0.1) is 6.61 Å². The number of aliphatic hydroxyl groups excluding tert-OH is 1. The molecule has 0 aliphatic rings. The van der Waals surface area contributed by atoms with Crippen LogP contribution in [-0.2, 0) is 0 Å². The van der Waals surface area contributed by atoms with Crippen LogP contribution < -0.4 is 0 Å². The highest BCUT2D eigenvalue weighted by Gasteiger charge is 1.63. The van der Waals surface area contributed by atoms with Crippen LogP contribution in [0.2, 0.25) is 0 Å². The maximum Gasteiger partial charge on any atom is 0.0615 e. The van der Waals surface area contributed by atoms with Crippen LogP contribution in [0.5, 0.6) is 0 Å². The fourth-order valence-electron chi connectivity index (χ4n) is 0.482. The van der Waals surface area contributed by atoms with Crippen molar-refractivity contribution < 1.29 is 5.11 Å². The quantitative estimate of drug-likeness (QED) is 0.589. The lowest BCUT2D eigenvalue weighted by atomic mass is 10.3. The molecule has 0 aromatic rings. The molecule has 10 heavy (non-hydrogen) atoms. The number of aliphatic hydroxyl groups is 1. The lowest BCUT2D eigenvalue weighted by Crippen LogP contribution is -1.67. The SMILES string of the molecule is CCC=CC=C/C=C/CO. The topological polar surface area (TPSA) is 20.2 Å².